The van der Waals surface area contributed by atoms with Crippen LogP contribution in [0.25, 0.3) is 0 Å². The summed E-state index contributed by atoms with van der Waals surface area (Å²) in [5, 5.41) is 9.40. The fourth-order valence-electron chi connectivity index (χ4n) is 4.23. The number of benzene rings is 3. The van der Waals surface area contributed by atoms with Crippen LogP contribution in [0.2, 0.25) is 5.02 Å². The SMILES string of the molecule is CN1c2c(Cl)cccc2N(Cc2cc(F)ccc2C(F)(F)F)C(=O)C1Cc1ccc(C(=O)O)cc1. The van der Waals surface area contributed by atoms with Gasteiger partial charge in [-0.1, -0.05) is 29.8 Å². The molecule has 0 fully saturated rings. The zero-order valence-corrected chi connectivity index (χ0v) is 19.1. The van der Waals surface area contributed by atoms with E-state index in [9.17, 15) is 27.2 Å². The zero-order chi connectivity index (χ0) is 25.5. The number of alkyl halides is 3. The van der Waals surface area contributed by atoms with Gasteiger partial charge in [-0.25, -0.2) is 9.18 Å². The van der Waals surface area contributed by atoms with Crippen LogP contribution in [-0.2, 0) is 23.9 Å². The molecular formula is C25H19ClF4N2O3. The molecule has 1 atom stereocenters. The fourth-order valence-corrected chi connectivity index (χ4v) is 4.53. The molecule has 3 aromatic carbocycles. The Hall–Kier alpha value is -3.59. The number of anilines is 2. The Kier molecular flexibility index (Phi) is 6.46. The first-order chi connectivity index (χ1) is 16.5. The molecule has 10 heteroatoms. The number of aromatic carboxylic acids is 1. The predicted octanol–water partition coefficient (Wildman–Crippen LogP) is 5.79. The quantitative estimate of drug-likeness (QED) is 0.445. The lowest BCUT2D eigenvalue weighted by molar-refractivity contribution is -0.138. The third kappa shape index (κ3) is 4.81. The van der Waals surface area contributed by atoms with E-state index in [2.05, 4.69) is 0 Å². The largest absolute Gasteiger partial charge is 0.478 e. The van der Waals surface area contributed by atoms with E-state index in [1.807, 2.05) is 0 Å². The highest BCUT2D eigenvalue weighted by Gasteiger charge is 2.40. The highest BCUT2D eigenvalue weighted by atomic mass is 35.5. The molecule has 0 saturated carbocycles. The molecule has 1 heterocycles. The highest BCUT2D eigenvalue weighted by Crippen LogP contribution is 2.43. The van der Waals surface area contributed by atoms with E-state index in [1.165, 1.54) is 17.0 Å². The predicted molar refractivity (Wildman–Crippen MR) is 123 cm³/mol. The van der Waals surface area contributed by atoms with Gasteiger partial charge in [-0.3, -0.25) is 4.79 Å². The van der Waals surface area contributed by atoms with Gasteiger partial charge in [0.25, 0.3) is 0 Å². The minimum Gasteiger partial charge on any atom is -0.478 e. The van der Waals surface area contributed by atoms with Gasteiger partial charge in [0.05, 0.1) is 34.1 Å². The van der Waals surface area contributed by atoms with Crippen molar-refractivity contribution in [3.63, 3.8) is 0 Å². The first-order valence-electron chi connectivity index (χ1n) is 10.5. The van der Waals surface area contributed by atoms with Crippen LogP contribution in [0.3, 0.4) is 0 Å². The van der Waals surface area contributed by atoms with Gasteiger partial charge in [-0.2, -0.15) is 13.2 Å². The Balaban J connectivity index is 1.76. The molecule has 1 N–H and O–H groups in total. The average Bonchev–Trinajstić information content (AvgIpc) is 2.79. The molecule has 3 aromatic rings. The van der Waals surface area contributed by atoms with Crippen molar-refractivity contribution >= 4 is 34.9 Å². The second-order valence-electron chi connectivity index (χ2n) is 8.16. The third-order valence-electron chi connectivity index (χ3n) is 5.96. The summed E-state index contributed by atoms with van der Waals surface area (Å²) in [4.78, 5) is 27.6. The standard InChI is InChI=1S/C25H19ClF4N2O3/c1-31-21(11-14-5-7-15(8-6-14)24(34)35)23(33)32(20-4-2-3-19(26)22(20)31)13-16-12-17(27)9-10-18(16)25(28,29)30/h2-10,12,21H,11,13H2,1H3,(H,34,35). The minimum absolute atomic E-state index is 0.0814. The normalized spacial score (nSPS) is 15.8. The zero-order valence-electron chi connectivity index (χ0n) is 18.3. The summed E-state index contributed by atoms with van der Waals surface area (Å²) < 4.78 is 54.8. The maximum absolute atomic E-state index is 13.9. The first-order valence-corrected chi connectivity index (χ1v) is 10.9. The van der Waals surface area contributed by atoms with Gasteiger partial charge < -0.3 is 14.9 Å². The third-order valence-corrected chi connectivity index (χ3v) is 6.26. The highest BCUT2D eigenvalue weighted by molar-refractivity contribution is 6.34. The topological polar surface area (TPSA) is 60.9 Å². The molecule has 5 nitrogen and oxygen atoms in total. The summed E-state index contributed by atoms with van der Waals surface area (Å²) in [7, 11) is 1.65. The number of halogens is 5. The summed E-state index contributed by atoms with van der Waals surface area (Å²) in [5.41, 5.74) is 0.0712. The Morgan fingerprint density at radius 1 is 1.09 bits per heavy atom. The summed E-state index contributed by atoms with van der Waals surface area (Å²) in [6.45, 7) is -0.513. The number of carboxylic acid groups (broad SMARTS) is 1. The van der Waals surface area contributed by atoms with Crippen molar-refractivity contribution < 1.29 is 32.3 Å². The van der Waals surface area contributed by atoms with Gasteiger partial charge in [-0.05, 0) is 53.6 Å². The number of carbonyl (C=O) groups is 2. The number of carboxylic acids is 1. The van der Waals surface area contributed by atoms with Gasteiger partial charge >= 0.3 is 12.1 Å². The average molecular weight is 507 g/mol. The van der Waals surface area contributed by atoms with Crippen LogP contribution >= 0.6 is 11.6 Å². The van der Waals surface area contributed by atoms with Crippen molar-refractivity contribution in [3.05, 3.63) is 93.8 Å². The van der Waals surface area contributed by atoms with E-state index in [0.717, 1.165) is 12.1 Å². The molecule has 4 rings (SSSR count). The lowest BCUT2D eigenvalue weighted by Crippen LogP contribution is -2.53. The van der Waals surface area contributed by atoms with Crippen LogP contribution in [0.15, 0.2) is 60.7 Å². The Morgan fingerprint density at radius 3 is 2.40 bits per heavy atom. The van der Waals surface area contributed by atoms with Crippen molar-refractivity contribution in [2.24, 2.45) is 0 Å². The summed E-state index contributed by atoms with van der Waals surface area (Å²) in [5.74, 6) is -2.44. The number of likely N-dealkylation sites (N-methyl/N-ethyl adjacent to an activating group) is 1. The summed E-state index contributed by atoms with van der Waals surface area (Å²) in [6.07, 6.45) is -4.59. The number of hydrogen-bond donors (Lipinski definition) is 1. The molecule has 1 aliphatic heterocycles. The molecule has 1 aliphatic rings. The van der Waals surface area contributed by atoms with Gasteiger partial charge in [0.1, 0.15) is 11.9 Å². The second-order valence-corrected chi connectivity index (χ2v) is 8.57. The lowest BCUT2D eigenvalue weighted by atomic mass is 9.97. The molecule has 0 saturated heterocycles. The van der Waals surface area contributed by atoms with Crippen molar-refractivity contribution in [1.29, 1.82) is 0 Å². The first kappa shape index (κ1) is 24.5. The van der Waals surface area contributed by atoms with Gasteiger partial charge in [0, 0.05) is 13.5 Å². The smallest absolute Gasteiger partial charge is 0.416 e. The number of carbonyl (C=O) groups excluding carboxylic acids is 1. The molecule has 0 aromatic heterocycles. The van der Waals surface area contributed by atoms with Crippen LogP contribution in [0.5, 0.6) is 0 Å². The van der Waals surface area contributed by atoms with Crippen molar-refractivity contribution in [2.45, 2.75) is 25.2 Å². The van der Waals surface area contributed by atoms with E-state index in [4.69, 9.17) is 16.7 Å². The monoisotopic (exact) mass is 506 g/mol. The second kappa shape index (κ2) is 9.22. The van der Waals surface area contributed by atoms with Crippen LogP contribution in [-0.4, -0.2) is 30.1 Å². The van der Waals surface area contributed by atoms with Crippen LogP contribution < -0.4 is 9.80 Å². The van der Waals surface area contributed by atoms with E-state index in [-0.39, 0.29) is 17.5 Å². The fraction of sp³-hybridized carbons (Fsp3) is 0.200. The number of nitrogens with zero attached hydrogens (tertiary/aromatic N) is 2. The molecule has 1 amide bonds. The maximum Gasteiger partial charge on any atom is 0.416 e. The number of amides is 1. The minimum atomic E-state index is -4.74. The molecule has 0 bridgehead atoms. The molecular weight excluding hydrogens is 488 g/mol. The van der Waals surface area contributed by atoms with E-state index in [0.29, 0.717) is 28.0 Å². The van der Waals surface area contributed by atoms with Gasteiger partial charge in [-0.15, -0.1) is 0 Å². The van der Waals surface area contributed by atoms with E-state index < -0.39 is 42.0 Å². The molecule has 35 heavy (non-hydrogen) atoms. The molecule has 0 aliphatic carbocycles. The molecule has 1 unspecified atom stereocenters. The summed E-state index contributed by atoms with van der Waals surface area (Å²) >= 11 is 6.42. The number of hydrogen-bond acceptors (Lipinski definition) is 3. The van der Waals surface area contributed by atoms with Crippen molar-refractivity contribution in [2.75, 3.05) is 16.8 Å². The van der Waals surface area contributed by atoms with E-state index in [1.54, 1.807) is 42.3 Å². The lowest BCUT2D eigenvalue weighted by Gasteiger charge is -2.42. The number of fused-ring (bicyclic) bond motifs is 1. The molecule has 182 valence electrons. The van der Waals surface area contributed by atoms with E-state index >= 15 is 0 Å². The Labute approximate surface area is 203 Å². The van der Waals surface area contributed by atoms with Crippen LogP contribution in [0.4, 0.5) is 28.9 Å². The van der Waals surface area contributed by atoms with Crippen LogP contribution in [0.1, 0.15) is 27.0 Å². The van der Waals surface area contributed by atoms with Crippen LogP contribution in [0, 0.1) is 5.82 Å². The number of rotatable bonds is 5. The van der Waals surface area contributed by atoms with Gasteiger partial charge in [0.2, 0.25) is 5.91 Å². The summed E-state index contributed by atoms with van der Waals surface area (Å²) in [6, 6.07) is 12.0. The van der Waals surface area contributed by atoms with Crippen molar-refractivity contribution in [3.8, 4) is 0 Å². The Morgan fingerprint density at radius 2 is 1.77 bits per heavy atom. The van der Waals surface area contributed by atoms with Gasteiger partial charge in [0.15, 0.2) is 0 Å². The molecule has 0 radical (unpaired) electrons. The number of para-hydroxylation sites is 1. The Bertz CT molecular complexity index is 1290. The van der Waals surface area contributed by atoms with Crippen molar-refractivity contribution in [1.82, 2.24) is 0 Å². The molecule has 0 spiro atoms. The maximum atomic E-state index is 13.9.